The van der Waals surface area contributed by atoms with Crippen LogP contribution in [0.25, 0.3) is 5.57 Å². The van der Waals surface area contributed by atoms with E-state index in [4.69, 9.17) is 17.3 Å². The van der Waals surface area contributed by atoms with E-state index >= 15 is 0 Å². The molecule has 1 atom stereocenters. The first kappa shape index (κ1) is 13.8. The summed E-state index contributed by atoms with van der Waals surface area (Å²) in [5.74, 6) is -0.363. The van der Waals surface area contributed by atoms with Crippen LogP contribution in [-0.2, 0) is 0 Å². The van der Waals surface area contributed by atoms with Crippen LogP contribution >= 0.6 is 11.6 Å². The number of nitrogens with two attached hydrogens (primary N) is 1. The highest BCUT2D eigenvalue weighted by atomic mass is 35.5. The average molecular weight is 276 g/mol. The molecule has 19 heavy (non-hydrogen) atoms. The first-order valence-corrected chi connectivity index (χ1v) is 6.39. The van der Waals surface area contributed by atoms with Crippen LogP contribution in [0.15, 0.2) is 55.1 Å². The van der Waals surface area contributed by atoms with Gasteiger partial charge in [0.1, 0.15) is 5.82 Å². The molecule has 0 heterocycles. The molecule has 0 saturated carbocycles. The first-order chi connectivity index (χ1) is 9.08. The predicted molar refractivity (Wildman–Crippen MR) is 78.4 cm³/mol. The summed E-state index contributed by atoms with van der Waals surface area (Å²) in [5.41, 5.74) is 8.26. The minimum absolute atomic E-state index is 0.191. The van der Waals surface area contributed by atoms with E-state index in [0.717, 1.165) is 5.56 Å². The molecule has 2 aromatic rings. The molecule has 0 aliphatic carbocycles. The van der Waals surface area contributed by atoms with Crippen LogP contribution in [0, 0.1) is 5.82 Å². The van der Waals surface area contributed by atoms with Gasteiger partial charge in [0.25, 0.3) is 0 Å². The minimum atomic E-state index is -0.363. The molecule has 0 aromatic heterocycles. The highest BCUT2D eigenvalue weighted by Crippen LogP contribution is 2.27. The van der Waals surface area contributed by atoms with E-state index in [9.17, 15) is 4.39 Å². The molecule has 0 aliphatic rings. The van der Waals surface area contributed by atoms with Gasteiger partial charge in [-0.15, -0.1) is 0 Å². The lowest BCUT2D eigenvalue weighted by Crippen LogP contribution is -2.10. The van der Waals surface area contributed by atoms with Gasteiger partial charge >= 0.3 is 0 Å². The summed E-state index contributed by atoms with van der Waals surface area (Å²) in [4.78, 5) is 0. The fourth-order valence-electron chi connectivity index (χ4n) is 1.97. The van der Waals surface area contributed by atoms with E-state index in [-0.39, 0.29) is 11.9 Å². The second-order valence-electron chi connectivity index (χ2n) is 4.45. The third-order valence-electron chi connectivity index (χ3n) is 3.01. The Labute approximate surface area is 117 Å². The van der Waals surface area contributed by atoms with Crippen LogP contribution in [-0.4, -0.2) is 0 Å². The molecule has 2 aromatic carbocycles. The fourth-order valence-corrected chi connectivity index (χ4v) is 2.13. The van der Waals surface area contributed by atoms with Gasteiger partial charge in [0, 0.05) is 16.6 Å². The number of halogens is 2. The third-order valence-corrected chi connectivity index (χ3v) is 3.24. The zero-order valence-electron chi connectivity index (χ0n) is 10.4. The van der Waals surface area contributed by atoms with Gasteiger partial charge in [-0.05, 0) is 29.7 Å². The first-order valence-electron chi connectivity index (χ1n) is 6.01. The van der Waals surface area contributed by atoms with Gasteiger partial charge < -0.3 is 5.73 Å². The highest BCUT2D eigenvalue weighted by molar-refractivity contribution is 6.30. The average Bonchev–Trinajstić information content (AvgIpc) is 2.39. The molecule has 98 valence electrons. The molecule has 0 radical (unpaired) electrons. The molecule has 2 rings (SSSR count). The number of hydrogen-bond acceptors (Lipinski definition) is 1. The summed E-state index contributed by atoms with van der Waals surface area (Å²) in [6.45, 7) is 3.92. The van der Waals surface area contributed by atoms with Crippen molar-refractivity contribution in [1.29, 1.82) is 0 Å². The monoisotopic (exact) mass is 275 g/mol. The van der Waals surface area contributed by atoms with Gasteiger partial charge in [-0.2, -0.15) is 0 Å². The van der Waals surface area contributed by atoms with E-state index in [2.05, 4.69) is 6.58 Å². The molecule has 2 N–H and O–H groups in total. The van der Waals surface area contributed by atoms with Crippen LogP contribution in [0.2, 0.25) is 5.02 Å². The number of rotatable bonds is 4. The predicted octanol–water partition coefficient (Wildman–Crippen LogP) is 4.58. The van der Waals surface area contributed by atoms with Crippen molar-refractivity contribution in [3.63, 3.8) is 0 Å². The zero-order chi connectivity index (χ0) is 13.8. The van der Waals surface area contributed by atoms with Crippen molar-refractivity contribution in [2.24, 2.45) is 5.73 Å². The van der Waals surface area contributed by atoms with E-state index < -0.39 is 0 Å². The summed E-state index contributed by atoms with van der Waals surface area (Å²) in [6.07, 6.45) is 0.503. The smallest absolute Gasteiger partial charge is 0.132 e. The lowest BCUT2D eigenvalue weighted by molar-refractivity contribution is 0.621. The maximum Gasteiger partial charge on any atom is 0.132 e. The van der Waals surface area contributed by atoms with E-state index in [1.165, 1.54) is 6.07 Å². The zero-order valence-corrected chi connectivity index (χ0v) is 11.2. The molecular weight excluding hydrogens is 261 g/mol. The Kier molecular flexibility index (Phi) is 4.35. The lowest BCUT2D eigenvalue weighted by Gasteiger charge is -2.14. The van der Waals surface area contributed by atoms with Crippen molar-refractivity contribution in [2.75, 3.05) is 0 Å². The Morgan fingerprint density at radius 2 is 1.89 bits per heavy atom. The summed E-state index contributed by atoms with van der Waals surface area (Å²) in [6, 6.07) is 14.1. The topological polar surface area (TPSA) is 26.0 Å². The summed E-state index contributed by atoms with van der Waals surface area (Å²) >= 11 is 5.73. The molecule has 0 fully saturated rings. The Hall–Kier alpha value is -1.64. The van der Waals surface area contributed by atoms with Crippen molar-refractivity contribution < 1.29 is 4.39 Å². The molecular formula is C16H15ClFN. The van der Waals surface area contributed by atoms with Crippen LogP contribution in [0.1, 0.15) is 23.6 Å². The molecule has 0 saturated heterocycles. The molecule has 0 spiro atoms. The summed E-state index contributed by atoms with van der Waals surface area (Å²) in [5, 5.41) is 0.376. The molecule has 1 unspecified atom stereocenters. The maximum absolute atomic E-state index is 13.8. The Morgan fingerprint density at radius 3 is 2.53 bits per heavy atom. The standard InChI is InChI=1S/C16H15ClFN/c1-11(14-8-7-13(17)10-15(14)18)9-16(19)12-5-3-2-4-6-12/h2-8,10,16H,1,9,19H2. The maximum atomic E-state index is 13.8. The Morgan fingerprint density at radius 1 is 1.21 bits per heavy atom. The van der Waals surface area contributed by atoms with Gasteiger partial charge in [0.05, 0.1) is 0 Å². The third kappa shape index (κ3) is 3.43. The van der Waals surface area contributed by atoms with Crippen LogP contribution < -0.4 is 5.73 Å². The van der Waals surface area contributed by atoms with Crippen LogP contribution in [0.4, 0.5) is 4.39 Å². The minimum Gasteiger partial charge on any atom is -0.324 e. The van der Waals surface area contributed by atoms with E-state index in [1.54, 1.807) is 12.1 Å². The molecule has 0 aliphatic heterocycles. The van der Waals surface area contributed by atoms with E-state index in [1.807, 2.05) is 30.3 Å². The van der Waals surface area contributed by atoms with Gasteiger partial charge in [-0.1, -0.05) is 54.6 Å². The van der Waals surface area contributed by atoms with Gasteiger partial charge in [0.2, 0.25) is 0 Å². The summed E-state index contributed by atoms with van der Waals surface area (Å²) in [7, 11) is 0. The Balaban J connectivity index is 2.13. The highest BCUT2D eigenvalue weighted by Gasteiger charge is 2.12. The molecule has 0 bridgehead atoms. The van der Waals surface area contributed by atoms with Crippen molar-refractivity contribution >= 4 is 17.2 Å². The quantitative estimate of drug-likeness (QED) is 0.868. The molecule has 1 nitrogen and oxygen atoms in total. The SMILES string of the molecule is C=C(CC(N)c1ccccc1)c1ccc(Cl)cc1F. The second kappa shape index (κ2) is 6.00. The van der Waals surface area contributed by atoms with Crippen molar-refractivity contribution in [3.05, 3.63) is 77.1 Å². The summed E-state index contributed by atoms with van der Waals surface area (Å²) < 4.78 is 13.8. The lowest BCUT2D eigenvalue weighted by atomic mass is 9.96. The van der Waals surface area contributed by atoms with Crippen LogP contribution in [0.3, 0.4) is 0 Å². The van der Waals surface area contributed by atoms with Gasteiger partial charge in [0.15, 0.2) is 0 Å². The Bertz CT molecular complexity index is 581. The van der Waals surface area contributed by atoms with Crippen molar-refractivity contribution in [3.8, 4) is 0 Å². The van der Waals surface area contributed by atoms with Crippen molar-refractivity contribution in [1.82, 2.24) is 0 Å². The second-order valence-corrected chi connectivity index (χ2v) is 4.89. The number of hydrogen-bond donors (Lipinski definition) is 1. The van der Waals surface area contributed by atoms with Crippen molar-refractivity contribution in [2.45, 2.75) is 12.5 Å². The van der Waals surface area contributed by atoms with Crippen LogP contribution in [0.5, 0.6) is 0 Å². The van der Waals surface area contributed by atoms with Gasteiger partial charge in [-0.25, -0.2) is 4.39 Å². The number of benzene rings is 2. The molecule has 3 heteroatoms. The largest absolute Gasteiger partial charge is 0.324 e. The van der Waals surface area contributed by atoms with Gasteiger partial charge in [-0.3, -0.25) is 0 Å². The fraction of sp³-hybridized carbons (Fsp3) is 0.125. The van der Waals surface area contributed by atoms with E-state index in [0.29, 0.717) is 22.6 Å². The normalized spacial score (nSPS) is 12.2. The molecule has 0 amide bonds.